The molecule has 0 bridgehead atoms. The van der Waals surface area contributed by atoms with Gasteiger partial charge in [-0.2, -0.15) is 0 Å². The molecule has 0 aliphatic heterocycles. The minimum Gasteiger partial charge on any atom is -0.144 e. The second-order valence-electron chi connectivity index (χ2n) is 2.00. The predicted molar refractivity (Wildman–Crippen MR) is 51.7 cm³/mol. The van der Waals surface area contributed by atoms with Crippen molar-refractivity contribution in [1.82, 2.24) is 10.2 Å². The molecule has 1 aromatic rings. The Kier molecular flexibility index (Phi) is 3.03. The minimum atomic E-state index is 0.496. The van der Waals surface area contributed by atoms with Crippen molar-refractivity contribution in [3.8, 4) is 0 Å². The molecule has 0 aliphatic rings. The molecule has 2 nitrogen and oxygen atoms in total. The van der Waals surface area contributed by atoms with Crippen LogP contribution in [0.1, 0.15) is 27.8 Å². The molecule has 1 atom stereocenters. The van der Waals surface area contributed by atoms with E-state index in [2.05, 4.69) is 46.6 Å². The Morgan fingerprint density at radius 1 is 1.60 bits per heavy atom. The number of aryl methyl sites for hydroxylation is 1. The van der Waals surface area contributed by atoms with Gasteiger partial charge in [-0.15, -0.1) is 21.5 Å². The number of hydrogen-bond donors (Lipinski definition) is 0. The first-order valence-corrected chi connectivity index (χ1v) is 5.26. The van der Waals surface area contributed by atoms with Crippen LogP contribution in [-0.4, -0.2) is 10.2 Å². The van der Waals surface area contributed by atoms with Crippen molar-refractivity contribution in [2.75, 3.05) is 0 Å². The first-order chi connectivity index (χ1) is 4.74. The van der Waals surface area contributed by atoms with E-state index in [-0.39, 0.29) is 0 Å². The summed E-state index contributed by atoms with van der Waals surface area (Å²) in [6.07, 6.45) is 1.00. The third kappa shape index (κ3) is 1.88. The maximum Gasteiger partial charge on any atom is 0.130 e. The Hall–Kier alpha value is 0.290. The molecule has 10 heavy (non-hydrogen) atoms. The lowest BCUT2D eigenvalue weighted by molar-refractivity contribution is 0.938. The van der Waals surface area contributed by atoms with Crippen LogP contribution in [0.25, 0.3) is 0 Å². The lowest BCUT2D eigenvalue weighted by atomic mass is 10.5. The lowest BCUT2D eigenvalue weighted by Gasteiger charge is -1.90. The third-order valence-electron chi connectivity index (χ3n) is 1.13. The molecule has 0 amide bonds. The zero-order chi connectivity index (χ0) is 7.56. The molecule has 0 saturated heterocycles. The van der Waals surface area contributed by atoms with E-state index in [1.54, 1.807) is 11.3 Å². The van der Waals surface area contributed by atoms with Crippen LogP contribution in [0.3, 0.4) is 0 Å². The number of hydrogen-bond acceptors (Lipinski definition) is 3. The minimum absolute atomic E-state index is 0.496. The van der Waals surface area contributed by atoms with Gasteiger partial charge in [0.15, 0.2) is 0 Å². The highest BCUT2D eigenvalue weighted by Crippen LogP contribution is 2.25. The van der Waals surface area contributed by atoms with E-state index in [1.807, 2.05) is 0 Å². The average Bonchev–Trinajstić information content (AvgIpc) is 2.34. The van der Waals surface area contributed by atoms with Gasteiger partial charge in [0.25, 0.3) is 0 Å². The normalized spacial score (nSPS) is 13.5. The SMILES string of the molecule is CCc1nnc(C(C)I)s1. The predicted octanol–water partition coefficient (Wildman–Crippen LogP) is 2.60. The Morgan fingerprint density at radius 2 is 2.30 bits per heavy atom. The summed E-state index contributed by atoms with van der Waals surface area (Å²) in [5.41, 5.74) is 0. The summed E-state index contributed by atoms with van der Waals surface area (Å²) < 4.78 is 0.496. The Morgan fingerprint density at radius 3 is 2.60 bits per heavy atom. The lowest BCUT2D eigenvalue weighted by Crippen LogP contribution is -1.80. The first kappa shape index (κ1) is 8.39. The smallest absolute Gasteiger partial charge is 0.130 e. The Bertz CT molecular complexity index is 209. The van der Waals surface area contributed by atoms with Crippen molar-refractivity contribution in [3.05, 3.63) is 10.0 Å². The van der Waals surface area contributed by atoms with Crippen molar-refractivity contribution in [2.45, 2.75) is 24.2 Å². The highest BCUT2D eigenvalue weighted by Gasteiger charge is 2.06. The Balaban J connectivity index is 2.78. The molecule has 4 heteroatoms. The van der Waals surface area contributed by atoms with Crippen molar-refractivity contribution in [3.63, 3.8) is 0 Å². The maximum absolute atomic E-state index is 4.05. The number of nitrogens with zero attached hydrogens (tertiary/aromatic N) is 2. The zero-order valence-electron chi connectivity index (χ0n) is 5.97. The molecule has 0 N–H and O–H groups in total. The summed E-state index contributed by atoms with van der Waals surface area (Å²) in [6.45, 7) is 4.22. The number of aromatic nitrogens is 2. The van der Waals surface area contributed by atoms with Gasteiger partial charge in [0.05, 0.1) is 3.92 Å². The van der Waals surface area contributed by atoms with Gasteiger partial charge in [0, 0.05) is 0 Å². The average molecular weight is 268 g/mol. The van der Waals surface area contributed by atoms with E-state index < -0.39 is 0 Å². The van der Waals surface area contributed by atoms with Crippen LogP contribution in [0.5, 0.6) is 0 Å². The molecule has 0 radical (unpaired) electrons. The topological polar surface area (TPSA) is 25.8 Å². The first-order valence-electron chi connectivity index (χ1n) is 3.20. The number of rotatable bonds is 2. The van der Waals surface area contributed by atoms with Gasteiger partial charge in [0.1, 0.15) is 10.0 Å². The van der Waals surface area contributed by atoms with Crippen LogP contribution in [0.4, 0.5) is 0 Å². The molecule has 0 aromatic carbocycles. The van der Waals surface area contributed by atoms with Crippen molar-refractivity contribution < 1.29 is 0 Å². The molecular weight excluding hydrogens is 259 g/mol. The van der Waals surface area contributed by atoms with Gasteiger partial charge in [0.2, 0.25) is 0 Å². The summed E-state index contributed by atoms with van der Waals surface area (Å²) in [5.74, 6) is 0. The van der Waals surface area contributed by atoms with Crippen LogP contribution >= 0.6 is 33.9 Å². The molecule has 1 heterocycles. The van der Waals surface area contributed by atoms with Crippen molar-refractivity contribution in [1.29, 1.82) is 0 Å². The largest absolute Gasteiger partial charge is 0.144 e. The second kappa shape index (κ2) is 3.61. The summed E-state index contributed by atoms with van der Waals surface area (Å²) in [7, 11) is 0. The van der Waals surface area contributed by atoms with E-state index in [9.17, 15) is 0 Å². The third-order valence-corrected chi connectivity index (χ3v) is 3.39. The van der Waals surface area contributed by atoms with Crippen LogP contribution in [0, 0.1) is 0 Å². The summed E-state index contributed by atoms with van der Waals surface area (Å²) in [4.78, 5) is 0. The van der Waals surface area contributed by atoms with E-state index in [0.717, 1.165) is 16.4 Å². The molecule has 56 valence electrons. The summed E-state index contributed by atoms with van der Waals surface area (Å²) >= 11 is 4.06. The van der Waals surface area contributed by atoms with Gasteiger partial charge in [-0.1, -0.05) is 29.5 Å². The molecule has 1 rings (SSSR count). The van der Waals surface area contributed by atoms with Crippen molar-refractivity contribution >= 4 is 33.9 Å². The van der Waals surface area contributed by atoms with E-state index in [1.165, 1.54) is 0 Å². The highest BCUT2D eigenvalue weighted by atomic mass is 127. The highest BCUT2D eigenvalue weighted by molar-refractivity contribution is 14.1. The molecule has 1 unspecified atom stereocenters. The quantitative estimate of drug-likeness (QED) is 0.608. The standard InChI is InChI=1S/C6H9IN2S/c1-3-5-8-9-6(10-5)4(2)7/h4H,3H2,1-2H3. The van der Waals surface area contributed by atoms with Gasteiger partial charge < -0.3 is 0 Å². The molecule has 0 spiro atoms. The van der Waals surface area contributed by atoms with E-state index in [0.29, 0.717) is 3.92 Å². The molecule has 0 fully saturated rings. The summed E-state index contributed by atoms with van der Waals surface area (Å²) in [5, 5.41) is 10.3. The van der Waals surface area contributed by atoms with Gasteiger partial charge in [-0.05, 0) is 13.3 Å². The van der Waals surface area contributed by atoms with Crippen LogP contribution in [0.2, 0.25) is 0 Å². The molecule has 1 aromatic heterocycles. The van der Waals surface area contributed by atoms with Gasteiger partial charge in [-0.3, -0.25) is 0 Å². The maximum atomic E-state index is 4.05. The van der Waals surface area contributed by atoms with E-state index >= 15 is 0 Å². The molecule has 0 saturated carbocycles. The Labute approximate surface area is 78.2 Å². The monoisotopic (exact) mass is 268 g/mol. The molecular formula is C6H9IN2S. The molecule has 0 aliphatic carbocycles. The summed E-state index contributed by atoms with van der Waals surface area (Å²) in [6, 6.07) is 0. The zero-order valence-corrected chi connectivity index (χ0v) is 8.94. The van der Waals surface area contributed by atoms with Crippen LogP contribution in [-0.2, 0) is 6.42 Å². The van der Waals surface area contributed by atoms with E-state index in [4.69, 9.17) is 0 Å². The van der Waals surface area contributed by atoms with Crippen LogP contribution < -0.4 is 0 Å². The van der Waals surface area contributed by atoms with Crippen molar-refractivity contribution in [2.24, 2.45) is 0 Å². The number of alkyl halides is 1. The number of halogens is 1. The second-order valence-corrected chi connectivity index (χ2v) is 4.97. The fourth-order valence-electron chi connectivity index (χ4n) is 0.570. The fraction of sp³-hybridized carbons (Fsp3) is 0.667. The fourth-order valence-corrected chi connectivity index (χ4v) is 1.79. The van der Waals surface area contributed by atoms with Crippen LogP contribution in [0.15, 0.2) is 0 Å². The van der Waals surface area contributed by atoms with Gasteiger partial charge in [-0.25, -0.2) is 0 Å². The van der Waals surface area contributed by atoms with Gasteiger partial charge >= 0.3 is 0 Å².